The number of nitrogens with one attached hydrogen (secondary N) is 1. The van der Waals surface area contributed by atoms with Gasteiger partial charge in [0.25, 0.3) is 5.95 Å². The molecule has 0 radical (unpaired) electrons. The highest BCUT2D eigenvalue weighted by Crippen LogP contribution is 2.13. The van der Waals surface area contributed by atoms with Crippen LogP contribution in [0.3, 0.4) is 0 Å². The van der Waals surface area contributed by atoms with Crippen LogP contribution in [0.5, 0.6) is 0 Å². The van der Waals surface area contributed by atoms with Crippen molar-refractivity contribution in [3.8, 4) is 0 Å². The second-order valence-electron chi connectivity index (χ2n) is 2.66. The first-order chi connectivity index (χ1) is 6.74. The zero-order chi connectivity index (χ0) is 9.97. The van der Waals surface area contributed by atoms with Crippen molar-refractivity contribution < 1.29 is 4.42 Å². The van der Waals surface area contributed by atoms with Crippen molar-refractivity contribution in [3.05, 3.63) is 23.1 Å². The number of furan rings is 1. The molecule has 1 N–H and O–H groups in total. The van der Waals surface area contributed by atoms with E-state index in [0.29, 0.717) is 17.7 Å². The number of aryl methyl sites for hydroxylation is 1. The van der Waals surface area contributed by atoms with Crippen molar-refractivity contribution in [2.75, 3.05) is 5.32 Å². The van der Waals surface area contributed by atoms with Crippen molar-refractivity contribution >= 4 is 17.5 Å². The minimum absolute atomic E-state index is 0.369. The molecule has 0 amide bonds. The smallest absolute Gasteiger partial charge is 0.263 e. The van der Waals surface area contributed by atoms with Gasteiger partial charge in [0.2, 0.25) is 0 Å². The Bertz CT molecular complexity index is 383. The van der Waals surface area contributed by atoms with Crippen LogP contribution in [-0.2, 0) is 13.6 Å². The van der Waals surface area contributed by atoms with Crippen LogP contribution in [0.25, 0.3) is 0 Å². The molecule has 6 nitrogen and oxygen atoms in total. The molecule has 2 rings (SSSR count). The van der Waals surface area contributed by atoms with Gasteiger partial charge in [0.05, 0.1) is 13.6 Å². The second kappa shape index (κ2) is 3.67. The largest absolute Gasteiger partial charge is 0.448 e. The van der Waals surface area contributed by atoms with E-state index in [0.717, 1.165) is 5.76 Å². The number of halogens is 1. The molecule has 0 aliphatic carbocycles. The molecule has 2 aromatic heterocycles. The van der Waals surface area contributed by atoms with Gasteiger partial charge in [-0.25, -0.2) is 0 Å². The van der Waals surface area contributed by atoms with Crippen LogP contribution < -0.4 is 5.32 Å². The lowest BCUT2D eigenvalue weighted by Crippen LogP contribution is -2.00. The van der Waals surface area contributed by atoms with Crippen LogP contribution in [0.1, 0.15) is 5.76 Å². The van der Waals surface area contributed by atoms with Crippen LogP contribution >= 0.6 is 11.6 Å². The summed E-state index contributed by atoms with van der Waals surface area (Å²) in [5.74, 6) is 1.18. The molecule has 74 valence electrons. The number of anilines is 1. The molecule has 0 saturated carbocycles. The topological polar surface area (TPSA) is 68.8 Å². The van der Waals surface area contributed by atoms with Gasteiger partial charge < -0.3 is 9.73 Å². The molecule has 14 heavy (non-hydrogen) atoms. The fourth-order valence-electron chi connectivity index (χ4n) is 0.968. The van der Waals surface area contributed by atoms with Crippen molar-refractivity contribution in [1.29, 1.82) is 0 Å². The highest BCUT2D eigenvalue weighted by atomic mass is 35.5. The van der Waals surface area contributed by atoms with E-state index < -0.39 is 0 Å². The summed E-state index contributed by atoms with van der Waals surface area (Å²) < 4.78 is 5.13. The predicted octanol–water partition coefficient (Wildman–Crippen LogP) is 1.07. The third-order valence-electron chi connectivity index (χ3n) is 1.56. The Balaban J connectivity index is 1.94. The summed E-state index contributed by atoms with van der Waals surface area (Å²) in [6, 6.07) is 3.47. The molecule has 0 spiro atoms. The maximum atomic E-state index is 5.60. The van der Waals surface area contributed by atoms with Gasteiger partial charge in [0.15, 0.2) is 5.22 Å². The third-order valence-corrected chi connectivity index (χ3v) is 1.76. The number of rotatable bonds is 3. The highest BCUT2D eigenvalue weighted by Gasteiger charge is 2.02. The standard InChI is InChI=1S/C7H8ClN5O/c1-13-11-7(10-12-13)9-4-5-2-3-6(8)14-5/h2-3H,4H2,1H3,(H,9,11). The minimum atomic E-state index is 0.369. The molecule has 7 heteroatoms. The molecule has 0 bridgehead atoms. The zero-order valence-electron chi connectivity index (χ0n) is 7.44. The van der Waals surface area contributed by atoms with E-state index in [1.165, 1.54) is 4.80 Å². The molecule has 2 aromatic rings. The number of hydrogen-bond donors (Lipinski definition) is 1. The molecule has 0 fully saturated rings. The fraction of sp³-hybridized carbons (Fsp3) is 0.286. The SMILES string of the molecule is Cn1nnc(NCc2ccc(Cl)o2)n1. The zero-order valence-corrected chi connectivity index (χ0v) is 8.19. The summed E-state index contributed by atoms with van der Waals surface area (Å²) in [6.45, 7) is 0.485. The van der Waals surface area contributed by atoms with Gasteiger partial charge in [0, 0.05) is 0 Å². The van der Waals surface area contributed by atoms with Gasteiger partial charge in [-0.3, -0.25) is 0 Å². The number of nitrogens with zero attached hydrogens (tertiary/aromatic N) is 4. The summed E-state index contributed by atoms with van der Waals surface area (Å²) in [5, 5.41) is 14.7. The van der Waals surface area contributed by atoms with E-state index in [2.05, 4.69) is 20.7 Å². The summed E-state index contributed by atoms with van der Waals surface area (Å²) in [7, 11) is 1.70. The monoisotopic (exact) mass is 213 g/mol. The Morgan fingerprint density at radius 1 is 1.57 bits per heavy atom. The first-order valence-electron chi connectivity index (χ1n) is 3.96. The van der Waals surface area contributed by atoms with Gasteiger partial charge in [-0.1, -0.05) is 5.10 Å². The summed E-state index contributed by atoms with van der Waals surface area (Å²) in [4.78, 5) is 1.37. The van der Waals surface area contributed by atoms with Crippen molar-refractivity contribution in [1.82, 2.24) is 20.2 Å². The van der Waals surface area contributed by atoms with E-state index in [-0.39, 0.29) is 0 Å². The van der Waals surface area contributed by atoms with Crippen molar-refractivity contribution in [2.45, 2.75) is 6.54 Å². The highest BCUT2D eigenvalue weighted by molar-refractivity contribution is 6.28. The van der Waals surface area contributed by atoms with Crippen LogP contribution in [0.2, 0.25) is 5.22 Å². The fourth-order valence-corrected chi connectivity index (χ4v) is 1.13. The molecule has 0 saturated heterocycles. The van der Waals surface area contributed by atoms with Gasteiger partial charge in [-0.05, 0) is 28.9 Å². The Kier molecular flexibility index (Phi) is 2.36. The molecule has 0 aliphatic rings. The lowest BCUT2D eigenvalue weighted by molar-refractivity contribution is 0.519. The van der Waals surface area contributed by atoms with Gasteiger partial charge >= 0.3 is 0 Å². The lowest BCUT2D eigenvalue weighted by atomic mass is 10.4. The Morgan fingerprint density at radius 2 is 2.43 bits per heavy atom. The molecular formula is C7H8ClN5O. The van der Waals surface area contributed by atoms with E-state index in [1.54, 1.807) is 19.2 Å². The van der Waals surface area contributed by atoms with Crippen LogP contribution in [0.15, 0.2) is 16.5 Å². The van der Waals surface area contributed by atoms with E-state index in [4.69, 9.17) is 16.0 Å². The van der Waals surface area contributed by atoms with E-state index in [9.17, 15) is 0 Å². The van der Waals surface area contributed by atoms with Crippen molar-refractivity contribution in [3.63, 3.8) is 0 Å². The maximum absolute atomic E-state index is 5.60. The molecule has 0 atom stereocenters. The molecule has 0 aliphatic heterocycles. The molecule has 2 heterocycles. The predicted molar refractivity (Wildman–Crippen MR) is 49.8 cm³/mol. The first kappa shape index (κ1) is 9.01. The summed E-state index contributed by atoms with van der Waals surface area (Å²) in [6.07, 6.45) is 0. The molecular weight excluding hydrogens is 206 g/mol. The van der Waals surface area contributed by atoms with Crippen LogP contribution in [-0.4, -0.2) is 20.2 Å². The quantitative estimate of drug-likeness (QED) is 0.826. The molecule has 0 unspecified atom stereocenters. The number of aromatic nitrogens is 4. The van der Waals surface area contributed by atoms with Crippen LogP contribution in [0, 0.1) is 0 Å². The number of tetrazole rings is 1. The maximum Gasteiger partial charge on any atom is 0.263 e. The Hall–Kier alpha value is -1.56. The minimum Gasteiger partial charge on any atom is -0.448 e. The number of hydrogen-bond acceptors (Lipinski definition) is 5. The van der Waals surface area contributed by atoms with E-state index >= 15 is 0 Å². The van der Waals surface area contributed by atoms with Crippen LogP contribution in [0.4, 0.5) is 5.95 Å². The third kappa shape index (κ3) is 2.02. The Labute approximate surface area is 84.8 Å². The average molecular weight is 214 g/mol. The average Bonchev–Trinajstić information content (AvgIpc) is 2.72. The van der Waals surface area contributed by atoms with E-state index in [1.807, 2.05) is 0 Å². The first-order valence-corrected chi connectivity index (χ1v) is 4.34. The van der Waals surface area contributed by atoms with Gasteiger partial charge in [-0.15, -0.1) is 5.10 Å². The molecule has 0 aromatic carbocycles. The summed E-state index contributed by atoms with van der Waals surface area (Å²) in [5.41, 5.74) is 0. The van der Waals surface area contributed by atoms with Crippen molar-refractivity contribution in [2.24, 2.45) is 7.05 Å². The Morgan fingerprint density at radius 3 is 3.00 bits per heavy atom. The summed E-state index contributed by atoms with van der Waals surface area (Å²) >= 11 is 5.60. The second-order valence-corrected chi connectivity index (χ2v) is 3.03. The van der Waals surface area contributed by atoms with Gasteiger partial charge in [0.1, 0.15) is 5.76 Å². The van der Waals surface area contributed by atoms with Gasteiger partial charge in [-0.2, -0.15) is 4.80 Å². The normalized spacial score (nSPS) is 10.4. The lowest BCUT2D eigenvalue weighted by Gasteiger charge is -1.95.